The van der Waals surface area contributed by atoms with Crippen LogP contribution in [-0.2, 0) is 11.4 Å². The molecule has 0 spiro atoms. The minimum absolute atomic E-state index is 0.522. The fourth-order valence-corrected chi connectivity index (χ4v) is 1.84. The molecule has 3 nitrogen and oxygen atoms in total. The van der Waals surface area contributed by atoms with Gasteiger partial charge in [0.25, 0.3) is 0 Å². The molecule has 0 aliphatic rings. The van der Waals surface area contributed by atoms with Gasteiger partial charge in [-0.1, -0.05) is 53.7 Å². The highest BCUT2D eigenvalue weighted by atomic mass is 16.6. The zero-order valence-corrected chi connectivity index (χ0v) is 12.2. The second kappa shape index (κ2) is 9.59. The summed E-state index contributed by atoms with van der Waals surface area (Å²) in [6.07, 6.45) is 4.79. The number of hydrogen-bond acceptors (Lipinski definition) is 3. The van der Waals surface area contributed by atoms with Gasteiger partial charge in [-0.2, -0.15) is 0 Å². The van der Waals surface area contributed by atoms with Crippen molar-refractivity contribution in [2.45, 2.75) is 25.9 Å². The lowest BCUT2D eigenvalue weighted by atomic mass is 10.2. The fourth-order valence-electron chi connectivity index (χ4n) is 1.84. The van der Waals surface area contributed by atoms with Crippen LogP contribution in [0.3, 0.4) is 0 Å². The smallest absolute Gasteiger partial charge is 0.142 e. The van der Waals surface area contributed by atoms with Crippen LogP contribution >= 0.6 is 0 Å². The van der Waals surface area contributed by atoms with E-state index in [0.717, 1.165) is 37.2 Å². The van der Waals surface area contributed by atoms with Crippen LogP contribution in [0.4, 0.5) is 0 Å². The van der Waals surface area contributed by atoms with Gasteiger partial charge in [0.2, 0.25) is 0 Å². The van der Waals surface area contributed by atoms with E-state index in [9.17, 15) is 0 Å². The zero-order chi connectivity index (χ0) is 14.6. The number of nitrogens with zero attached hydrogens (tertiary/aromatic N) is 1. The highest BCUT2D eigenvalue weighted by Crippen LogP contribution is 2.09. The first-order valence-electron chi connectivity index (χ1n) is 7.31. The third kappa shape index (κ3) is 6.61. The van der Waals surface area contributed by atoms with Crippen molar-refractivity contribution >= 4 is 6.21 Å². The van der Waals surface area contributed by atoms with Gasteiger partial charge in [0.05, 0.1) is 6.61 Å². The molecule has 0 amide bonds. The standard InChI is InChI=1S/C18H21NO2/c1-4-10-17(11-5-1)16-21-19-14-8-3-9-15-20-18-12-6-2-7-13-18/h1-2,4-7,10-14H,3,8-9,15-16H2/b19-14-. The molecule has 0 aliphatic carbocycles. The van der Waals surface area contributed by atoms with Crippen LogP contribution in [-0.4, -0.2) is 12.8 Å². The largest absolute Gasteiger partial charge is 0.494 e. The number of hydrogen-bond donors (Lipinski definition) is 0. The Hall–Kier alpha value is -2.29. The average molecular weight is 283 g/mol. The molecule has 0 radical (unpaired) electrons. The van der Waals surface area contributed by atoms with E-state index < -0.39 is 0 Å². The lowest BCUT2D eigenvalue weighted by molar-refractivity contribution is 0.131. The van der Waals surface area contributed by atoms with Gasteiger partial charge < -0.3 is 9.57 Å². The molecular weight excluding hydrogens is 262 g/mol. The van der Waals surface area contributed by atoms with Gasteiger partial charge in [0.15, 0.2) is 0 Å². The molecule has 0 aromatic heterocycles. The lowest BCUT2D eigenvalue weighted by Gasteiger charge is -2.04. The van der Waals surface area contributed by atoms with Crippen molar-refractivity contribution in [3.05, 3.63) is 66.2 Å². The summed E-state index contributed by atoms with van der Waals surface area (Å²) in [5, 5.41) is 3.96. The topological polar surface area (TPSA) is 30.8 Å². The summed E-state index contributed by atoms with van der Waals surface area (Å²) in [6, 6.07) is 19.9. The van der Waals surface area contributed by atoms with Crippen molar-refractivity contribution in [1.29, 1.82) is 0 Å². The number of para-hydroxylation sites is 1. The molecule has 0 heterocycles. The van der Waals surface area contributed by atoms with Crippen LogP contribution in [0, 0.1) is 0 Å². The number of unbranched alkanes of at least 4 members (excludes halogenated alkanes) is 2. The Kier molecular flexibility index (Phi) is 6.90. The van der Waals surface area contributed by atoms with Gasteiger partial charge in [-0.25, -0.2) is 0 Å². The summed E-state index contributed by atoms with van der Waals surface area (Å²) in [6.45, 7) is 1.26. The maximum Gasteiger partial charge on any atom is 0.142 e. The molecule has 0 bridgehead atoms. The molecule has 0 saturated carbocycles. The van der Waals surface area contributed by atoms with E-state index in [1.807, 2.05) is 66.9 Å². The molecule has 0 saturated heterocycles. The summed E-state index contributed by atoms with van der Waals surface area (Å²) in [4.78, 5) is 5.23. The highest BCUT2D eigenvalue weighted by Gasteiger charge is 1.92. The predicted molar refractivity (Wildman–Crippen MR) is 85.5 cm³/mol. The normalized spacial score (nSPS) is 10.7. The molecule has 0 aliphatic heterocycles. The monoisotopic (exact) mass is 283 g/mol. The molecule has 0 atom stereocenters. The summed E-state index contributed by atoms with van der Waals surface area (Å²) in [7, 11) is 0. The summed E-state index contributed by atoms with van der Waals surface area (Å²) in [5.74, 6) is 0.928. The highest BCUT2D eigenvalue weighted by molar-refractivity contribution is 5.56. The fraction of sp³-hybridized carbons (Fsp3) is 0.278. The molecule has 21 heavy (non-hydrogen) atoms. The van der Waals surface area contributed by atoms with E-state index in [-0.39, 0.29) is 0 Å². The van der Waals surface area contributed by atoms with Crippen LogP contribution in [0.25, 0.3) is 0 Å². The zero-order valence-electron chi connectivity index (χ0n) is 12.2. The quantitative estimate of drug-likeness (QED) is 0.387. The van der Waals surface area contributed by atoms with Gasteiger partial charge in [0, 0.05) is 6.21 Å². The maximum absolute atomic E-state index is 5.62. The number of oxime groups is 1. The van der Waals surface area contributed by atoms with E-state index in [2.05, 4.69) is 5.16 Å². The van der Waals surface area contributed by atoms with Crippen LogP contribution in [0.15, 0.2) is 65.8 Å². The first-order chi connectivity index (χ1) is 10.4. The number of benzene rings is 2. The molecule has 0 unspecified atom stereocenters. The third-order valence-corrected chi connectivity index (χ3v) is 2.96. The van der Waals surface area contributed by atoms with E-state index in [1.165, 1.54) is 0 Å². The Bertz CT molecular complexity index is 511. The van der Waals surface area contributed by atoms with Gasteiger partial charge >= 0.3 is 0 Å². The van der Waals surface area contributed by atoms with E-state index in [1.54, 1.807) is 0 Å². The number of rotatable bonds is 9. The van der Waals surface area contributed by atoms with Crippen molar-refractivity contribution in [2.75, 3.05) is 6.61 Å². The molecule has 0 N–H and O–H groups in total. The van der Waals surface area contributed by atoms with Crippen LogP contribution in [0.5, 0.6) is 5.75 Å². The Morgan fingerprint density at radius 2 is 1.57 bits per heavy atom. The van der Waals surface area contributed by atoms with Gasteiger partial charge in [-0.3, -0.25) is 0 Å². The first-order valence-corrected chi connectivity index (χ1v) is 7.31. The second-order valence-electron chi connectivity index (χ2n) is 4.70. The van der Waals surface area contributed by atoms with Crippen LogP contribution in [0.1, 0.15) is 24.8 Å². The molecule has 110 valence electrons. The van der Waals surface area contributed by atoms with Crippen molar-refractivity contribution in [3.8, 4) is 5.75 Å². The second-order valence-corrected chi connectivity index (χ2v) is 4.70. The van der Waals surface area contributed by atoms with Crippen molar-refractivity contribution in [1.82, 2.24) is 0 Å². The Balaban J connectivity index is 1.47. The SMILES string of the molecule is C(/CCCCOc1ccccc1)=N/OCc1ccccc1. The van der Waals surface area contributed by atoms with Gasteiger partial charge in [0.1, 0.15) is 12.4 Å². The van der Waals surface area contributed by atoms with Crippen molar-refractivity contribution in [2.24, 2.45) is 5.16 Å². The predicted octanol–water partition coefficient (Wildman–Crippen LogP) is 4.44. The van der Waals surface area contributed by atoms with E-state index in [0.29, 0.717) is 6.61 Å². The molecular formula is C18H21NO2. The molecule has 2 aromatic rings. The minimum Gasteiger partial charge on any atom is -0.494 e. The van der Waals surface area contributed by atoms with Crippen LogP contribution < -0.4 is 4.74 Å². The summed E-state index contributed by atoms with van der Waals surface area (Å²) >= 11 is 0. The first kappa shape index (κ1) is 15.1. The van der Waals surface area contributed by atoms with Crippen molar-refractivity contribution < 1.29 is 9.57 Å². The summed E-state index contributed by atoms with van der Waals surface area (Å²) < 4.78 is 5.62. The number of ether oxygens (including phenoxy) is 1. The molecule has 3 heteroatoms. The summed E-state index contributed by atoms with van der Waals surface area (Å²) in [5.41, 5.74) is 1.13. The van der Waals surface area contributed by atoms with Gasteiger partial charge in [-0.15, -0.1) is 0 Å². The molecule has 2 rings (SSSR count). The third-order valence-electron chi connectivity index (χ3n) is 2.96. The Morgan fingerprint density at radius 3 is 2.33 bits per heavy atom. The van der Waals surface area contributed by atoms with E-state index >= 15 is 0 Å². The maximum atomic E-state index is 5.62. The van der Waals surface area contributed by atoms with E-state index in [4.69, 9.17) is 9.57 Å². The van der Waals surface area contributed by atoms with Crippen LogP contribution in [0.2, 0.25) is 0 Å². The Labute approximate surface area is 126 Å². The molecule has 2 aromatic carbocycles. The minimum atomic E-state index is 0.522. The average Bonchev–Trinajstić information content (AvgIpc) is 2.55. The van der Waals surface area contributed by atoms with Gasteiger partial charge in [-0.05, 0) is 37.0 Å². The molecule has 0 fully saturated rings. The van der Waals surface area contributed by atoms with Crippen molar-refractivity contribution in [3.63, 3.8) is 0 Å². The Morgan fingerprint density at radius 1 is 0.857 bits per heavy atom. The lowest BCUT2D eigenvalue weighted by Crippen LogP contribution is -1.97.